The Balaban J connectivity index is 1.64. The zero-order valence-corrected chi connectivity index (χ0v) is 25.7. The molecule has 15 heteroatoms. The van der Waals surface area contributed by atoms with Crippen molar-refractivity contribution < 1.29 is 28.4 Å². The molecule has 2 aromatic rings. The molecule has 2 aromatic carbocycles. The summed E-state index contributed by atoms with van der Waals surface area (Å²) in [7, 11) is 1.45. The molecule has 1 saturated heterocycles. The topological polar surface area (TPSA) is 168 Å². The Kier molecular flexibility index (Phi) is 12.4. The van der Waals surface area contributed by atoms with Gasteiger partial charge in [0.25, 0.3) is 11.8 Å². The van der Waals surface area contributed by atoms with Crippen LogP contribution in [0.1, 0.15) is 30.1 Å². The maximum atomic E-state index is 12.9. The molecule has 0 spiro atoms. The van der Waals surface area contributed by atoms with Crippen LogP contribution in [0.2, 0.25) is 10.0 Å². The number of benzene rings is 2. The Hall–Kier alpha value is -3.41. The van der Waals surface area contributed by atoms with E-state index >= 15 is 0 Å². The number of methoxy groups -OCH3 is 2. The van der Waals surface area contributed by atoms with Crippen LogP contribution >= 0.6 is 31.7 Å². The number of esters is 1. The van der Waals surface area contributed by atoms with Crippen molar-refractivity contribution in [2.45, 2.75) is 31.8 Å². The van der Waals surface area contributed by atoms with Gasteiger partial charge in [0.2, 0.25) is 8.45 Å². The zero-order valence-electron chi connectivity index (χ0n) is 23.3. The van der Waals surface area contributed by atoms with Crippen LogP contribution in [0.15, 0.2) is 53.9 Å². The first-order valence-corrected chi connectivity index (χ1v) is 14.8. The van der Waals surface area contributed by atoms with E-state index in [-0.39, 0.29) is 33.0 Å². The van der Waals surface area contributed by atoms with Crippen LogP contribution in [-0.2, 0) is 14.3 Å². The van der Waals surface area contributed by atoms with Crippen molar-refractivity contribution in [2.75, 3.05) is 27.3 Å². The molecule has 3 rings (SSSR count). The summed E-state index contributed by atoms with van der Waals surface area (Å²) in [5, 5.41) is 16.4. The largest absolute Gasteiger partial charge is 0.497 e. The number of carbonyl (C=O) groups is 3. The Morgan fingerprint density at radius 1 is 1.07 bits per heavy atom. The van der Waals surface area contributed by atoms with E-state index in [1.807, 2.05) is 0 Å². The number of amides is 2. The lowest BCUT2D eigenvalue weighted by atomic mass is 10.1. The molecule has 2 unspecified atom stereocenters. The monoisotopic (exact) mass is 638 g/mol. The minimum Gasteiger partial charge on any atom is -0.497 e. The molecule has 12 nitrogen and oxygen atoms in total. The molecule has 0 aliphatic carbocycles. The molecule has 0 bridgehead atoms. The average molecular weight is 639 g/mol. The third-order valence-corrected chi connectivity index (χ3v) is 8.83. The van der Waals surface area contributed by atoms with E-state index < -0.39 is 32.3 Å². The highest BCUT2D eigenvalue weighted by Crippen LogP contribution is 2.41. The predicted molar refractivity (Wildman–Crippen MR) is 162 cm³/mol. The highest BCUT2D eigenvalue weighted by Gasteiger charge is 2.31. The van der Waals surface area contributed by atoms with Crippen LogP contribution in [0.4, 0.5) is 0 Å². The number of nitrogens with zero attached hydrogens (tertiary/aromatic N) is 1. The van der Waals surface area contributed by atoms with Crippen molar-refractivity contribution in [3.8, 4) is 11.5 Å². The van der Waals surface area contributed by atoms with Crippen LogP contribution in [0, 0.1) is 5.41 Å². The van der Waals surface area contributed by atoms with Gasteiger partial charge in [0.15, 0.2) is 0 Å². The van der Waals surface area contributed by atoms with E-state index in [2.05, 4.69) is 20.4 Å². The van der Waals surface area contributed by atoms with Crippen molar-refractivity contribution >= 4 is 55.7 Å². The lowest BCUT2D eigenvalue weighted by molar-refractivity contribution is -0.142. The lowest BCUT2D eigenvalue weighted by Crippen LogP contribution is -2.47. The minimum atomic E-state index is -1.45. The lowest BCUT2D eigenvalue weighted by Gasteiger charge is -2.37. The minimum absolute atomic E-state index is 0.00393. The number of hydrogen-bond donors (Lipinski definition) is 5. The summed E-state index contributed by atoms with van der Waals surface area (Å²) in [4.78, 5) is 37.7. The van der Waals surface area contributed by atoms with Crippen LogP contribution in [-0.4, -0.2) is 68.1 Å². The highest BCUT2D eigenvalue weighted by atomic mass is 35.5. The van der Waals surface area contributed by atoms with Crippen molar-refractivity contribution in [3.05, 3.63) is 69.5 Å². The van der Waals surface area contributed by atoms with Crippen LogP contribution in [0.3, 0.4) is 0 Å². The van der Waals surface area contributed by atoms with Gasteiger partial charge >= 0.3 is 5.97 Å². The smallest absolute Gasteiger partial charge is 0.322 e. The van der Waals surface area contributed by atoms with Gasteiger partial charge in [0, 0.05) is 25.3 Å². The van der Waals surface area contributed by atoms with Gasteiger partial charge in [-0.25, -0.2) is 9.76 Å². The molecule has 42 heavy (non-hydrogen) atoms. The fraction of sp³-hybridized carbons (Fsp3) is 0.333. The summed E-state index contributed by atoms with van der Waals surface area (Å²) in [5.74, 6) is -0.472. The van der Waals surface area contributed by atoms with Gasteiger partial charge in [0.1, 0.15) is 23.2 Å². The number of ether oxygens (including phenoxy) is 2. The first-order chi connectivity index (χ1) is 20.1. The molecule has 1 heterocycles. The van der Waals surface area contributed by atoms with Crippen molar-refractivity contribution in [3.63, 3.8) is 0 Å². The SMILES string of the molecule is COC(=O)C(C)NP(Oc1ccc(OC)cc1)N1CCC(NC(=O)/C(N)=C(/C=N)NC(=O)c2c(Cl)cccc2Cl)CC1. The molecule has 1 aliphatic heterocycles. The summed E-state index contributed by atoms with van der Waals surface area (Å²) in [6, 6.07) is 10.9. The number of allylic oxidation sites excluding steroid dienone is 1. The van der Waals surface area contributed by atoms with Gasteiger partial charge < -0.3 is 35.8 Å². The number of halogens is 2. The molecular weight excluding hydrogens is 606 g/mol. The number of hydrogen-bond acceptors (Lipinski definition) is 10. The molecule has 6 N–H and O–H groups in total. The number of nitrogens with two attached hydrogens (primary N) is 1. The van der Waals surface area contributed by atoms with Gasteiger partial charge in [-0.15, -0.1) is 0 Å². The number of nitrogens with one attached hydrogen (secondary N) is 4. The van der Waals surface area contributed by atoms with Crippen molar-refractivity contribution in [1.29, 1.82) is 5.41 Å². The van der Waals surface area contributed by atoms with E-state index in [1.54, 1.807) is 44.4 Å². The van der Waals surface area contributed by atoms with Crippen molar-refractivity contribution in [2.24, 2.45) is 5.73 Å². The zero-order chi connectivity index (χ0) is 30.8. The van der Waals surface area contributed by atoms with Crippen LogP contribution in [0.5, 0.6) is 11.5 Å². The summed E-state index contributed by atoms with van der Waals surface area (Å²) < 4.78 is 18.4. The number of rotatable bonds is 12. The van der Waals surface area contributed by atoms with Gasteiger partial charge in [-0.05, 0) is 56.2 Å². The molecule has 0 radical (unpaired) electrons. The average Bonchev–Trinajstić information content (AvgIpc) is 2.99. The molecule has 0 aromatic heterocycles. The predicted octanol–water partition coefficient (Wildman–Crippen LogP) is 3.59. The van der Waals surface area contributed by atoms with Crippen LogP contribution in [0.25, 0.3) is 0 Å². The standard InChI is InChI=1S/C27H33Cl2N6O6P/c1-16(27(38)40-3)34-42(41-19-9-7-18(39-2)8-10-19)35-13-11-17(12-14-35)32-26(37)24(31)22(15-30)33-25(36)23-20(28)5-4-6-21(23)29/h4-10,15-17,30,34H,11-14,31H2,1-3H3,(H,32,37)(H,33,36)/b24-22+,30-15?. The first kappa shape index (κ1) is 33.1. The van der Waals surface area contributed by atoms with Gasteiger partial charge in [-0.1, -0.05) is 29.3 Å². The molecule has 1 aliphatic rings. The highest BCUT2D eigenvalue weighted by molar-refractivity contribution is 7.48. The Morgan fingerprint density at radius 3 is 2.21 bits per heavy atom. The summed E-state index contributed by atoms with van der Waals surface area (Å²) in [6.45, 7) is 2.77. The number of piperidine rings is 1. The maximum absolute atomic E-state index is 12.9. The second-order valence-corrected chi connectivity index (χ2v) is 11.5. The third kappa shape index (κ3) is 8.80. The van der Waals surface area contributed by atoms with E-state index in [1.165, 1.54) is 19.2 Å². The van der Waals surface area contributed by atoms with Gasteiger partial charge in [-0.3, -0.25) is 14.4 Å². The maximum Gasteiger partial charge on any atom is 0.322 e. The van der Waals surface area contributed by atoms with Gasteiger partial charge in [-0.2, -0.15) is 0 Å². The summed E-state index contributed by atoms with van der Waals surface area (Å²) in [6.07, 6.45) is 1.89. The fourth-order valence-corrected chi connectivity index (χ4v) is 6.21. The summed E-state index contributed by atoms with van der Waals surface area (Å²) >= 11 is 12.2. The molecule has 0 saturated carbocycles. The van der Waals surface area contributed by atoms with Crippen LogP contribution < -0.4 is 30.7 Å². The summed E-state index contributed by atoms with van der Waals surface area (Å²) in [5.41, 5.74) is 5.50. The molecule has 2 atom stereocenters. The molecular formula is C27H33Cl2N6O6P. The van der Waals surface area contributed by atoms with E-state index in [4.69, 9.17) is 48.3 Å². The van der Waals surface area contributed by atoms with Gasteiger partial charge in [0.05, 0.1) is 35.5 Å². The molecule has 1 fully saturated rings. The normalized spacial score (nSPS) is 15.9. The first-order valence-electron chi connectivity index (χ1n) is 12.8. The Morgan fingerprint density at radius 2 is 1.67 bits per heavy atom. The third-order valence-electron chi connectivity index (χ3n) is 6.29. The second kappa shape index (κ2) is 15.7. The quantitative estimate of drug-likeness (QED) is 0.101. The number of carbonyl (C=O) groups excluding carboxylic acids is 3. The van der Waals surface area contributed by atoms with E-state index in [0.717, 1.165) is 6.21 Å². The second-order valence-electron chi connectivity index (χ2n) is 9.14. The molecule has 226 valence electrons. The molecule has 2 amide bonds. The van der Waals surface area contributed by atoms with Crippen molar-refractivity contribution in [1.82, 2.24) is 20.4 Å². The van der Waals surface area contributed by atoms with E-state index in [9.17, 15) is 14.4 Å². The Bertz CT molecular complexity index is 1300. The fourth-order valence-electron chi connectivity index (χ4n) is 3.96. The Labute approximate surface area is 255 Å². The van der Waals surface area contributed by atoms with E-state index in [0.29, 0.717) is 37.4 Å².